The number of nitrogens with one attached hydrogen (secondary N) is 1. The van der Waals surface area contributed by atoms with Gasteiger partial charge in [-0.3, -0.25) is 23.7 Å². The lowest BCUT2D eigenvalue weighted by molar-refractivity contribution is -0.144. The third kappa shape index (κ3) is 4.83. The van der Waals surface area contributed by atoms with Crippen LogP contribution in [-0.2, 0) is 28.1 Å². The van der Waals surface area contributed by atoms with Crippen molar-refractivity contribution in [3.8, 4) is 11.8 Å². The molecule has 0 unspecified atom stereocenters. The largest absolute Gasteiger partial charge is 0.501 e. The number of halogens is 1. The second-order valence-corrected chi connectivity index (χ2v) is 10.2. The second-order valence-electron chi connectivity index (χ2n) is 10.2. The van der Waals surface area contributed by atoms with E-state index in [1.807, 2.05) is 0 Å². The molecule has 2 bridgehead atoms. The number of ketones is 1. The van der Waals surface area contributed by atoms with E-state index in [1.165, 1.54) is 47.8 Å². The molecule has 194 valence electrons. The molecule has 1 aromatic carbocycles. The molecular weight excluding hydrogens is 481 g/mol. The second kappa shape index (κ2) is 9.76. The fourth-order valence-electron chi connectivity index (χ4n) is 5.39. The Balaban J connectivity index is 1.76. The molecule has 1 aromatic heterocycles. The Kier molecular flexibility index (Phi) is 6.86. The van der Waals surface area contributed by atoms with Crippen LogP contribution in [0.4, 0.5) is 4.39 Å². The highest BCUT2D eigenvalue weighted by molar-refractivity contribution is 6.36. The van der Waals surface area contributed by atoms with Crippen LogP contribution < -0.4 is 10.9 Å². The van der Waals surface area contributed by atoms with Gasteiger partial charge in [-0.2, -0.15) is 5.26 Å². The summed E-state index contributed by atoms with van der Waals surface area (Å²) in [5, 5.41) is 22.7. The van der Waals surface area contributed by atoms with Crippen LogP contribution in [0.5, 0.6) is 5.75 Å². The highest BCUT2D eigenvalue weighted by atomic mass is 19.1. The summed E-state index contributed by atoms with van der Waals surface area (Å²) in [7, 11) is 2.95. The molecule has 2 amide bonds. The van der Waals surface area contributed by atoms with Gasteiger partial charge in [0.25, 0.3) is 17.4 Å². The monoisotopic (exact) mass is 509 g/mol. The average Bonchev–Trinajstić information content (AvgIpc) is 3.08. The molecule has 2 N–H and O–H groups in total. The summed E-state index contributed by atoms with van der Waals surface area (Å²) < 4.78 is 14.5. The molecule has 2 aromatic rings. The van der Waals surface area contributed by atoms with Crippen molar-refractivity contribution in [1.29, 1.82) is 5.26 Å². The summed E-state index contributed by atoms with van der Waals surface area (Å²) in [5.41, 5.74) is -2.26. The number of likely N-dealkylation sites (N-methyl/N-ethyl adjacent to an activating group) is 1. The molecule has 10 nitrogen and oxygen atoms in total. The summed E-state index contributed by atoms with van der Waals surface area (Å²) in [5.74, 6) is -3.23. The van der Waals surface area contributed by atoms with Crippen molar-refractivity contribution in [3.05, 3.63) is 57.5 Å². The first-order valence-corrected chi connectivity index (χ1v) is 12.0. The minimum atomic E-state index is -1.00. The molecule has 11 heteroatoms. The van der Waals surface area contributed by atoms with Gasteiger partial charge in [0.2, 0.25) is 11.5 Å². The Morgan fingerprint density at radius 3 is 2.43 bits per heavy atom. The molecule has 37 heavy (non-hydrogen) atoms. The number of benzene rings is 1. The molecule has 0 radical (unpaired) electrons. The predicted octanol–water partition coefficient (Wildman–Crippen LogP) is 1.79. The van der Waals surface area contributed by atoms with Gasteiger partial charge in [0.15, 0.2) is 5.69 Å². The number of nitrogens with zero attached hydrogens (tertiary/aromatic N) is 4. The maximum atomic E-state index is 13.3. The van der Waals surface area contributed by atoms with Crippen LogP contribution in [-0.4, -0.2) is 51.3 Å². The Bertz CT molecular complexity index is 1350. The van der Waals surface area contributed by atoms with Gasteiger partial charge in [0.1, 0.15) is 11.6 Å². The zero-order valence-electron chi connectivity index (χ0n) is 20.7. The number of nitriles is 1. The molecule has 1 fully saturated rings. The maximum Gasteiger partial charge on any atom is 0.296 e. The van der Waals surface area contributed by atoms with Crippen molar-refractivity contribution in [1.82, 2.24) is 19.8 Å². The van der Waals surface area contributed by atoms with Gasteiger partial charge < -0.3 is 15.3 Å². The quantitative estimate of drug-likeness (QED) is 0.541. The molecule has 5 rings (SSSR count). The van der Waals surface area contributed by atoms with Crippen molar-refractivity contribution in [3.63, 3.8) is 0 Å². The number of fused-ring (bicyclic) bond motifs is 2. The first-order chi connectivity index (χ1) is 17.5. The smallest absolute Gasteiger partial charge is 0.296 e. The van der Waals surface area contributed by atoms with Crippen LogP contribution in [0.2, 0.25) is 0 Å². The first kappa shape index (κ1) is 26.0. The average molecular weight is 510 g/mol. The molecule has 0 saturated heterocycles. The zero-order chi connectivity index (χ0) is 27.0. The first-order valence-electron chi connectivity index (χ1n) is 12.0. The summed E-state index contributed by atoms with van der Waals surface area (Å²) in [4.78, 5) is 57.3. The van der Waals surface area contributed by atoms with Crippen LogP contribution >= 0.6 is 0 Å². The van der Waals surface area contributed by atoms with E-state index in [-0.39, 0.29) is 31.8 Å². The van der Waals surface area contributed by atoms with Crippen molar-refractivity contribution in [2.24, 2.45) is 5.41 Å². The van der Waals surface area contributed by atoms with Crippen molar-refractivity contribution >= 4 is 17.6 Å². The Morgan fingerprint density at radius 2 is 1.84 bits per heavy atom. The Morgan fingerprint density at radius 1 is 1.19 bits per heavy atom. The third-order valence-corrected chi connectivity index (χ3v) is 7.56. The van der Waals surface area contributed by atoms with Crippen molar-refractivity contribution < 1.29 is 23.9 Å². The number of carbonyl (C=O) groups is 3. The van der Waals surface area contributed by atoms with E-state index in [1.54, 1.807) is 0 Å². The maximum absolute atomic E-state index is 13.3. The van der Waals surface area contributed by atoms with Gasteiger partial charge in [0.05, 0.1) is 6.07 Å². The van der Waals surface area contributed by atoms with Gasteiger partial charge in [0, 0.05) is 50.9 Å². The summed E-state index contributed by atoms with van der Waals surface area (Å²) in [6.07, 6.45) is 1.82. The third-order valence-electron chi connectivity index (χ3n) is 7.56. The lowest BCUT2D eigenvalue weighted by atomic mass is 9.62. The number of amides is 2. The van der Waals surface area contributed by atoms with Gasteiger partial charge in [-0.1, -0.05) is 12.1 Å². The summed E-state index contributed by atoms with van der Waals surface area (Å²) in [6, 6.07) is 7.66. The molecule has 0 spiro atoms. The van der Waals surface area contributed by atoms with E-state index in [9.17, 15) is 33.9 Å². The van der Waals surface area contributed by atoms with E-state index in [0.717, 1.165) is 0 Å². The Hall–Kier alpha value is -4.07. The minimum absolute atomic E-state index is 0.00486. The number of aromatic nitrogens is 2. The highest BCUT2D eigenvalue weighted by Gasteiger charge is 2.52. The van der Waals surface area contributed by atoms with Gasteiger partial charge in [-0.25, -0.2) is 9.37 Å². The molecule has 1 aliphatic carbocycles. The highest BCUT2D eigenvalue weighted by Crippen LogP contribution is 2.53. The Labute approximate surface area is 212 Å². The van der Waals surface area contributed by atoms with Crippen LogP contribution in [0.3, 0.4) is 0 Å². The molecular formula is C26H28FN5O5. The van der Waals surface area contributed by atoms with Crippen LogP contribution in [0.1, 0.15) is 60.4 Å². The van der Waals surface area contributed by atoms with Crippen molar-refractivity contribution in [2.45, 2.75) is 57.0 Å². The van der Waals surface area contributed by atoms with Crippen molar-refractivity contribution in [2.75, 3.05) is 14.1 Å². The number of hydrogen-bond acceptors (Lipinski definition) is 7. The number of rotatable bonds is 7. The van der Waals surface area contributed by atoms with E-state index in [0.29, 0.717) is 31.2 Å². The fraction of sp³-hybridized carbons (Fsp3) is 0.462. The molecule has 3 aliphatic rings. The molecule has 2 aliphatic heterocycles. The van der Waals surface area contributed by atoms with Gasteiger partial charge >= 0.3 is 0 Å². The predicted molar refractivity (Wildman–Crippen MR) is 129 cm³/mol. The van der Waals surface area contributed by atoms with Gasteiger partial charge in [-0.15, -0.1) is 0 Å². The standard InChI is InChI=1S/C26H28FN5O5/c1-31(2)22(36)18(33)13-26-9-7-25(8-10-26,11-12-28)15-32-23(37)20(34)19(30-24(26)32)21(35)29-14-16-3-5-17(27)6-4-16/h3-6,34H,7-11,13-15H2,1-2H3,(H,29,35). The van der Waals surface area contributed by atoms with Crippen LogP contribution in [0.15, 0.2) is 29.1 Å². The van der Waals surface area contributed by atoms with E-state index in [4.69, 9.17) is 0 Å². The normalized spacial score (nSPS) is 21.9. The zero-order valence-corrected chi connectivity index (χ0v) is 20.7. The van der Waals surface area contributed by atoms with E-state index < -0.39 is 51.2 Å². The topological polar surface area (TPSA) is 145 Å². The van der Waals surface area contributed by atoms with E-state index in [2.05, 4.69) is 16.4 Å². The van der Waals surface area contributed by atoms with Crippen LogP contribution in [0, 0.1) is 22.6 Å². The molecule has 1 saturated carbocycles. The summed E-state index contributed by atoms with van der Waals surface area (Å²) in [6.45, 7) is 0.120. The SMILES string of the molecule is CN(C)C(=O)C(=O)CC12CCC(CC#N)(CC1)Cn1c2nc(C(=O)NCc2ccc(F)cc2)c(O)c1=O. The molecule has 0 atom stereocenters. The number of aromatic hydroxyl groups is 1. The number of hydrogen-bond donors (Lipinski definition) is 2. The fourth-order valence-corrected chi connectivity index (χ4v) is 5.39. The lowest BCUT2D eigenvalue weighted by Gasteiger charge is -2.40. The summed E-state index contributed by atoms with van der Waals surface area (Å²) >= 11 is 0. The minimum Gasteiger partial charge on any atom is -0.501 e. The van der Waals surface area contributed by atoms with E-state index >= 15 is 0 Å². The van der Waals surface area contributed by atoms with Gasteiger partial charge in [-0.05, 0) is 43.4 Å². The van der Waals surface area contributed by atoms with Crippen LogP contribution in [0.25, 0.3) is 0 Å². The number of carbonyl (C=O) groups excluding carboxylic acids is 3. The number of Topliss-reactive ketones (excluding diaryl/α,β-unsaturated/α-hetero) is 1. The molecule has 3 heterocycles. The lowest BCUT2D eigenvalue weighted by Crippen LogP contribution is -2.41.